The molecular formula is C18H22O2. The molecule has 0 saturated heterocycles. The van der Waals surface area contributed by atoms with Crippen LogP contribution < -0.4 is 9.47 Å². The summed E-state index contributed by atoms with van der Waals surface area (Å²) >= 11 is 0. The number of benzene rings is 1. The third kappa shape index (κ3) is 1.80. The van der Waals surface area contributed by atoms with Crippen molar-refractivity contribution < 1.29 is 9.47 Å². The van der Waals surface area contributed by atoms with E-state index >= 15 is 0 Å². The van der Waals surface area contributed by atoms with Crippen LogP contribution in [0.25, 0.3) is 0 Å². The first-order valence-electron chi connectivity index (χ1n) is 7.48. The molecule has 2 aliphatic carbocycles. The fourth-order valence-electron chi connectivity index (χ4n) is 4.13. The minimum absolute atomic E-state index is 0.0780. The second kappa shape index (κ2) is 5.05. The summed E-state index contributed by atoms with van der Waals surface area (Å²) in [6.45, 7) is 0. The summed E-state index contributed by atoms with van der Waals surface area (Å²) in [6.07, 6.45) is 13.2. The Bertz CT molecular complexity index is 555. The fourth-order valence-corrected chi connectivity index (χ4v) is 4.13. The molecule has 0 radical (unpaired) electrons. The van der Waals surface area contributed by atoms with Crippen LogP contribution in [0, 0.1) is 18.3 Å². The molecule has 0 aliphatic heterocycles. The Labute approximate surface area is 121 Å². The van der Waals surface area contributed by atoms with Crippen LogP contribution in [0.15, 0.2) is 12.1 Å². The van der Waals surface area contributed by atoms with Gasteiger partial charge in [-0.2, -0.15) is 0 Å². The minimum atomic E-state index is -0.0780. The molecule has 1 aromatic carbocycles. The maximum atomic E-state index is 6.00. The van der Waals surface area contributed by atoms with E-state index in [4.69, 9.17) is 15.9 Å². The first kappa shape index (κ1) is 13.4. The van der Waals surface area contributed by atoms with Crippen molar-refractivity contribution in [3.8, 4) is 23.8 Å². The molecule has 0 unspecified atom stereocenters. The number of hydrogen-bond acceptors (Lipinski definition) is 2. The molecule has 1 aromatic rings. The van der Waals surface area contributed by atoms with E-state index in [0.717, 1.165) is 24.3 Å². The zero-order valence-corrected chi connectivity index (χ0v) is 12.4. The SMILES string of the molecule is C#C[C@]12CCCC[C@H]1CCc1cc(OC)c(OC)cc12. The average molecular weight is 270 g/mol. The van der Waals surface area contributed by atoms with Crippen LogP contribution in [-0.2, 0) is 11.8 Å². The summed E-state index contributed by atoms with van der Waals surface area (Å²) in [5.41, 5.74) is 2.58. The van der Waals surface area contributed by atoms with Crippen molar-refractivity contribution in [1.82, 2.24) is 0 Å². The van der Waals surface area contributed by atoms with Gasteiger partial charge in [0.15, 0.2) is 11.5 Å². The molecule has 1 fully saturated rings. The normalized spacial score (nSPS) is 27.9. The minimum Gasteiger partial charge on any atom is -0.493 e. The highest BCUT2D eigenvalue weighted by atomic mass is 16.5. The number of terminal acetylenes is 1. The molecule has 0 amide bonds. The smallest absolute Gasteiger partial charge is 0.161 e. The maximum absolute atomic E-state index is 6.00. The third-order valence-corrected chi connectivity index (χ3v) is 5.18. The highest BCUT2D eigenvalue weighted by Crippen LogP contribution is 2.51. The van der Waals surface area contributed by atoms with E-state index in [-0.39, 0.29) is 5.41 Å². The quantitative estimate of drug-likeness (QED) is 0.763. The Hall–Kier alpha value is -1.62. The fraction of sp³-hybridized carbons (Fsp3) is 0.556. The van der Waals surface area contributed by atoms with E-state index in [0.29, 0.717) is 5.92 Å². The van der Waals surface area contributed by atoms with Gasteiger partial charge in [0.1, 0.15) is 0 Å². The Balaban J connectivity index is 2.16. The molecule has 0 aromatic heterocycles. The summed E-state index contributed by atoms with van der Waals surface area (Å²) in [7, 11) is 3.38. The zero-order chi connectivity index (χ0) is 14.2. The lowest BCUT2D eigenvalue weighted by Gasteiger charge is -2.45. The first-order valence-corrected chi connectivity index (χ1v) is 7.48. The molecule has 0 spiro atoms. The van der Waals surface area contributed by atoms with Crippen molar-refractivity contribution >= 4 is 0 Å². The Morgan fingerprint density at radius 2 is 1.90 bits per heavy atom. The van der Waals surface area contributed by atoms with Crippen LogP contribution in [0.3, 0.4) is 0 Å². The van der Waals surface area contributed by atoms with Gasteiger partial charge in [0.25, 0.3) is 0 Å². The molecule has 0 heterocycles. The van der Waals surface area contributed by atoms with E-state index in [9.17, 15) is 0 Å². The van der Waals surface area contributed by atoms with Crippen molar-refractivity contribution in [2.75, 3.05) is 14.2 Å². The highest BCUT2D eigenvalue weighted by molar-refractivity contribution is 5.54. The monoisotopic (exact) mass is 270 g/mol. The van der Waals surface area contributed by atoms with E-state index < -0.39 is 0 Å². The van der Waals surface area contributed by atoms with Gasteiger partial charge in [-0.05, 0) is 54.9 Å². The molecule has 2 aliphatic rings. The van der Waals surface area contributed by atoms with Crippen LogP contribution in [0.4, 0.5) is 0 Å². The van der Waals surface area contributed by atoms with Gasteiger partial charge in [-0.15, -0.1) is 6.42 Å². The van der Waals surface area contributed by atoms with Gasteiger partial charge >= 0.3 is 0 Å². The number of fused-ring (bicyclic) bond motifs is 3. The second-order valence-corrected chi connectivity index (χ2v) is 5.96. The molecule has 1 saturated carbocycles. The molecular weight excluding hydrogens is 248 g/mol. The standard InChI is InChI=1S/C18H22O2/c1-4-18-10-6-5-7-14(18)9-8-13-11-16(19-2)17(20-3)12-15(13)18/h1,11-12,14H,5-10H2,2-3H3/t14-,18-/m0/s1. The number of hydrogen-bond donors (Lipinski definition) is 0. The molecule has 2 nitrogen and oxygen atoms in total. The van der Waals surface area contributed by atoms with Crippen LogP contribution in [0.1, 0.15) is 43.2 Å². The van der Waals surface area contributed by atoms with Crippen LogP contribution in [-0.4, -0.2) is 14.2 Å². The van der Waals surface area contributed by atoms with Crippen LogP contribution >= 0.6 is 0 Å². The van der Waals surface area contributed by atoms with Gasteiger partial charge in [0, 0.05) is 0 Å². The van der Waals surface area contributed by atoms with E-state index in [1.54, 1.807) is 14.2 Å². The lowest BCUT2D eigenvalue weighted by atomic mass is 9.57. The third-order valence-electron chi connectivity index (χ3n) is 5.18. The van der Waals surface area contributed by atoms with Crippen molar-refractivity contribution in [3.63, 3.8) is 0 Å². The molecule has 0 N–H and O–H groups in total. The van der Waals surface area contributed by atoms with Gasteiger partial charge in [0.2, 0.25) is 0 Å². The van der Waals surface area contributed by atoms with Gasteiger partial charge in [-0.3, -0.25) is 0 Å². The van der Waals surface area contributed by atoms with Crippen molar-refractivity contribution in [2.24, 2.45) is 5.92 Å². The Morgan fingerprint density at radius 3 is 2.60 bits per heavy atom. The summed E-state index contributed by atoms with van der Waals surface area (Å²) in [4.78, 5) is 0. The average Bonchev–Trinajstić information content (AvgIpc) is 2.52. The Kier molecular flexibility index (Phi) is 3.38. The Morgan fingerprint density at radius 1 is 1.15 bits per heavy atom. The van der Waals surface area contributed by atoms with Gasteiger partial charge in [0.05, 0.1) is 19.6 Å². The van der Waals surface area contributed by atoms with Crippen molar-refractivity contribution in [1.29, 1.82) is 0 Å². The van der Waals surface area contributed by atoms with Crippen LogP contribution in [0.2, 0.25) is 0 Å². The summed E-state index contributed by atoms with van der Waals surface area (Å²) < 4.78 is 10.9. The molecule has 2 heteroatoms. The maximum Gasteiger partial charge on any atom is 0.161 e. The van der Waals surface area contributed by atoms with Gasteiger partial charge in [-0.25, -0.2) is 0 Å². The molecule has 20 heavy (non-hydrogen) atoms. The summed E-state index contributed by atoms with van der Waals surface area (Å²) in [5.74, 6) is 5.41. The van der Waals surface area contributed by atoms with E-state index in [1.165, 1.54) is 36.8 Å². The number of ether oxygens (including phenoxy) is 2. The second-order valence-electron chi connectivity index (χ2n) is 5.96. The van der Waals surface area contributed by atoms with Gasteiger partial charge < -0.3 is 9.47 Å². The zero-order valence-electron chi connectivity index (χ0n) is 12.4. The molecule has 2 atom stereocenters. The van der Waals surface area contributed by atoms with Crippen molar-refractivity contribution in [3.05, 3.63) is 23.3 Å². The predicted octanol–water partition coefficient (Wildman–Crippen LogP) is 3.71. The van der Waals surface area contributed by atoms with E-state index in [1.807, 2.05) is 0 Å². The van der Waals surface area contributed by atoms with Crippen molar-refractivity contribution in [2.45, 2.75) is 43.9 Å². The number of rotatable bonds is 2. The van der Waals surface area contributed by atoms with Crippen LogP contribution in [0.5, 0.6) is 11.5 Å². The highest BCUT2D eigenvalue weighted by Gasteiger charge is 2.44. The largest absolute Gasteiger partial charge is 0.493 e. The summed E-state index contributed by atoms with van der Waals surface area (Å²) in [6, 6.07) is 4.25. The predicted molar refractivity (Wildman–Crippen MR) is 80.3 cm³/mol. The molecule has 106 valence electrons. The topological polar surface area (TPSA) is 18.5 Å². The number of aryl methyl sites for hydroxylation is 1. The first-order chi connectivity index (χ1) is 9.75. The summed E-state index contributed by atoms with van der Waals surface area (Å²) in [5, 5.41) is 0. The lowest BCUT2D eigenvalue weighted by molar-refractivity contribution is 0.214. The lowest BCUT2D eigenvalue weighted by Crippen LogP contribution is -2.40. The molecule has 3 rings (SSSR count). The van der Waals surface area contributed by atoms with E-state index in [2.05, 4.69) is 18.1 Å². The van der Waals surface area contributed by atoms with Gasteiger partial charge in [-0.1, -0.05) is 18.8 Å². The molecule has 0 bridgehead atoms. The number of methoxy groups -OCH3 is 2.